The number of fused-ring (bicyclic) bond motifs is 3. The largest absolute Gasteiger partial charge is 0.356 e. The number of nitrogens with zero attached hydrogens (tertiary/aromatic N) is 2. The van der Waals surface area contributed by atoms with Crippen LogP contribution in [0.4, 0.5) is 5.69 Å². The fourth-order valence-electron chi connectivity index (χ4n) is 5.45. The Morgan fingerprint density at radius 3 is 2.73 bits per heavy atom. The Hall–Kier alpha value is -2.37. The maximum Gasteiger partial charge on any atom is 0.257 e. The minimum Gasteiger partial charge on any atom is -0.356 e. The van der Waals surface area contributed by atoms with Crippen molar-refractivity contribution in [2.45, 2.75) is 76.8 Å². The molecule has 1 unspecified atom stereocenters. The van der Waals surface area contributed by atoms with Crippen molar-refractivity contribution in [3.63, 3.8) is 0 Å². The van der Waals surface area contributed by atoms with Gasteiger partial charge in [-0.25, -0.2) is 0 Å². The fourth-order valence-corrected chi connectivity index (χ4v) is 5.45. The van der Waals surface area contributed by atoms with Crippen LogP contribution in [0.3, 0.4) is 0 Å². The van der Waals surface area contributed by atoms with Gasteiger partial charge in [0.2, 0.25) is 11.8 Å². The summed E-state index contributed by atoms with van der Waals surface area (Å²) in [6.45, 7) is 3.18. The van der Waals surface area contributed by atoms with Crippen molar-refractivity contribution in [1.29, 1.82) is 0 Å². The Morgan fingerprint density at radius 1 is 1.17 bits per heavy atom. The zero-order valence-corrected chi connectivity index (χ0v) is 18.0. The van der Waals surface area contributed by atoms with E-state index in [4.69, 9.17) is 0 Å². The molecule has 162 valence electrons. The van der Waals surface area contributed by atoms with Gasteiger partial charge in [0.15, 0.2) is 0 Å². The SMILES string of the molecule is CC12CCC(=O)N1c1ccccc1C(=O)N2CCCC(=O)NCCCC1CCCC1. The molecule has 1 N–H and O–H groups in total. The molecule has 1 aromatic rings. The average Bonchev–Trinajstić information content (AvgIpc) is 3.36. The van der Waals surface area contributed by atoms with Crippen molar-refractivity contribution in [2.24, 2.45) is 5.92 Å². The molecule has 1 atom stereocenters. The molecular weight excluding hydrogens is 378 g/mol. The summed E-state index contributed by atoms with van der Waals surface area (Å²) in [7, 11) is 0. The highest BCUT2D eigenvalue weighted by atomic mass is 16.2. The van der Waals surface area contributed by atoms with E-state index in [1.165, 1.54) is 32.1 Å². The number of benzene rings is 1. The summed E-state index contributed by atoms with van der Waals surface area (Å²) >= 11 is 0. The van der Waals surface area contributed by atoms with E-state index in [2.05, 4.69) is 5.32 Å². The summed E-state index contributed by atoms with van der Waals surface area (Å²) in [6, 6.07) is 7.33. The molecule has 0 spiro atoms. The zero-order valence-electron chi connectivity index (χ0n) is 18.0. The second kappa shape index (κ2) is 8.78. The van der Waals surface area contributed by atoms with Crippen molar-refractivity contribution in [3.05, 3.63) is 29.8 Å². The minimum absolute atomic E-state index is 0.0454. The van der Waals surface area contributed by atoms with E-state index in [-0.39, 0.29) is 17.7 Å². The number of para-hydroxylation sites is 1. The van der Waals surface area contributed by atoms with Gasteiger partial charge in [-0.15, -0.1) is 0 Å². The molecule has 6 heteroatoms. The summed E-state index contributed by atoms with van der Waals surface area (Å²) in [5, 5.41) is 3.03. The van der Waals surface area contributed by atoms with Gasteiger partial charge in [0.1, 0.15) is 5.66 Å². The summed E-state index contributed by atoms with van der Waals surface area (Å²) < 4.78 is 0. The smallest absolute Gasteiger partial charge is 0.257 e. The highest BCUT2D eigenvalue weighted by Crippen LogP contribution is 2.44. The van der Waals surface area contributed by atoms with Crippen LogP contribution in [0.5, 0.6) is 0 Å². The average molecular weight is 412 g/mol. The van der Waals surface area contributed by atoms with Gasteiger partial charge in [-0.05, 0) is 50.7 Å². The standard InChI is InChI=1S/C24H33N3O3/c1-24-15-14-22(29)27(24)20-12-5-4-11-19(20)23(30)26(24)17-7-13-21(28)25-16-6-10-18-8-2-3-9-18/h4-5,11-12,18H,2-3,6-10,13-17H2,1H3,(H,25,28). The van der Waals surface area contributed by atoms with Gasteiger partial charge in [0, 0.05) is 25.9 Å². The van der Waals surface area contributed by atoms with Crippen LogP contribution in [-0.4, -0.2) is 41.4 Å². The second-order valence-electron chi connectivity index (χ2n) is 9.17. The van der Waals surface area contributed by atoms with E-state index in [0.29, 0.717) is 43.5 Å². The molecule has 0 bridgehead atoms. The van der Waals surface area contributed by atoms with Gasteiger partial charge in [0.25, 0.3) is 5.91 Å². The van der Waals surface area contributed by atoms with Crippen LogP contribution in [0.2, 0.25) is 0 Å². The third kappa shape index (κ3) is 3.96. The maximum absolute atomic E-state index is 13.2. The van der Waals surface area contributed by atoms with Crippen molar-refractivity contribution in [1.82, 2.24) is 10.2 Å². The molecule has 4 rings (SSSR count). The number of anilines is 1. The minimum atomic E-state index is -0.639. The second-order valence-corrected chi connectivity index (χ2v) is 9.17. The summed E-state index contributed by atoms with van der Waals surface area (Å²) in [5.74, 6) is 0.918. The summed E-state index contributed by atoms with van der Waals surface area (Å²) in [5.41, 5.74) is 0.644. The molecule has 3 aliphatic rings. The van der Waals surface area contributed by atoms with E-state index < -0.39 is 5.66 Å². The number of carbonyl (C=O) groups excluding carboxylic acids is 3. The highest BCUT2D eigenvalue weighted by molar-refractivity contribution is 6.10. The first kappa shape index (κ1) is 20.9. The van der Waals surface area contributed by atoms with Gasteiger partial charge in [-0.3, -0.25) is 19.3 Å². The third-order valence-corrected chi connectivity index (χ3v) is 7.12. The molecule has 3 amide bonds. The van der Waals surface area contributed by atoms with E-state index >= 15 is 0 Å². The molecule has 0 radical (unpaired) electrons. The first-order valence-electron chi connectivity index (χ1n) is 11.5. The molecule has 2 aliphatic heterocycles. The number of amides is 3. The Labute approximate surface area is 179 Å². The lowest BCUT2D eigenvalue weighted by molar-refractivity contribution is -0.121. The monoisotopic (exact) mass is 411 g/mol. The van der Waals surface area contributed by atoms with Gasteiger partial charge >= 0.3 is 0 Å². The number of carbonyl (C=O) groups is 3. The van der Waals surface area contributed by atoms with Crippen molar-refractivity contribution >= 4 is 23.4 Å². The molecular formula is C24H33N3O3. The van der Waals surface area contributed by atoms with E-state index in [1.54, 1.807) is 15.9 Å². The van der Waals surface area contributed by atoms with Gasteiger partial charge in [0.05, 0.1) is 11.3 Å². The molecule has 2 heterocycles. The van der Waals surface area contributed by atoms with E-state index in [1.807, 2.05) is 25.1 Å². The van der Waals surface area contributed by atoms with Crippen molar-refractivity contribution < 1.29 is 14.4 Å². The lowest BCUT2D eigenvalue weighted by atomic mass is 9.98. The Morgan fingerprint density at radius 2 is 1.93 bits per heavy atom. The van der Waals surface area contributed by atoms with Gasteiger partial charge in [-0.2, -0.15) is 0 Å². The molecule has 1 aliphatic carbocycles. The number of hydrogen-bond acceptors (Lipinski definition) is 3. The molecule has 2 fully saturated rings. The molecule has 1 saturated heterocycles. The summed E-state index contributed by atoms with van der Waals surface area (Å²) in [4.78, 5) is 41.6. The number of rotatable bonds is 8. The van der Waals surface area contributed by atoms with Crippen molar-refractivity contribution in [2.75, 3.05) is 18.0 Å². The molecule has 6 nitrogen and oxygen atoms in total. The van der Waals surface area contributed by atoms with E-state index in [0.717, 1.165) is 18.9 Å². The zero-order chi connectivity index (χ0) is 21.1. The number of nitrogens with one attached hydrogen (secondary N) is 1. The van der Waals surface area contributed by atoms with Crippen LogP contribution in [0.15, 0.2) is 24.3 Å². The van der Waals surface area contributed by atoms with Crippen LogP contribution in [0.25, 0.3) is 0 Å². The quantitative estimate of drug-likeness (QED) is 0.661. The van der Waals surface area contributed by atoms with Crippen LogP contribution < -0.4 is 10.2 Å². The lowest BCUT2D eigenvalue weighted by Gasteiger charge is -2.48. The highest BCUT2D eigenvalue weighted by Gasteiger charge is 2.52. The van der Waals surface area contributed by atoms with Crippen LogP contribution in [0.1, 0.15) is 81.5 Å². The predicted molar refractivity (Wildman–Crippen MR) is 116 cm³/mol. The molecule has 1 saturated carbocycles. The van der Waals surface area contributed by atoms with E-state index in [9.17, 15) is 14.4 Å². The van der Waals surface area contributed by atoms with Crippen molar-refractivity contribution in [3.8, 4) is 0 Å². The Balaban J connectivity index is 1.30. The first-order valence-corrected chi connectivity index (χ1v) is 11.5. The van der Waals surface area contributed by atoms with Gasteiger partial charge in [-0.1, -0.05) is 37.8 Å². The molecule has 0 aromatic heterocycles. The Bertz CT molecular complexity index is 818. The fraction of sp³-hybridized carbons (Fsp3) is 0.625. The lowest BCUT2D eigenvalue weighted by Crippen LogP contribution is -2.62. The van der Waals surface area contributed by atoms with Crippen LogP contribution >= 0.6 is 0 Å². The Kier molecular flexibility index (Phi) is 6.11. The maximum atomic E-state index is 13.2. The van der Waals surface area contributed by atoms with Crippen LogP contribution in [0, 0.1) is 5.92 Å². The topological polar surface area (TPSA) is 69.7 Å². The predicted octanol–water partition coefficient (Wildman–Crippen LogP) is 3.85. The third-order valence-electron chi connectivity index (χ3n) is 7.12. The van der Waals surface area contributed by atoms with Gasteiger partial charge < -0.3 is 10.2 Å². The van der Waals surface area contributed by atoms with Crippen LogP contribution in [-0.2, 0) is 9.59 Å². The molecule has 30 heavy (non-hydrogen) atoms. The normalized spacial score (nSPS) is 23.6. The summed E-state index contributed by atoms with van der Waals surface area (Å²) in [6.07, 6.45) is 9.74. The molecule has 1 aromatic carbocycles. The first-order chi connectivity index (χ1) is 14.5. The number of hydrogen-bond donors (Lipinski definition) is 1.